The molecule has 1 aliphatic heterocycles. The Kier molecular flexibility index (Phi) is 3.82. The van der Waals surface area contributed by atoms with Crippen molar-refractivity contribution in [3.05, 3.63) is 41.9 Å². The number of nitrogens with zero attached hydrogens (tertiary/aromatic N) is 3. The molecule has 0 bridgehead atoms. The van der Waals surface area contributed by atoms with Crippen LogP contribution in [-0.4, -0.2) is 33.4 Å². The molecule has 5 heteroatoms. The van der Waals surface area contributed by atoms with Crippen LogP contribution in [0.5, 0.6) is 0 Å². The van der Waals surface area contributed by atoms with Crippen LogP contribution in [0.15, 0.2) is 29.2 Å². The molecule has 1 aliphatic rings. The number of hydrogen-bond donors (Lipinski definition) is 0. The fraction of sp³-hybridized carbons (Fsp3) is 0.500. The monoisotopic (exact) mass is 287 g/mol. The van der Waals surface area contributed by atoms with Crippen LogP contribution in [0.4, 0.5) is 0 Å². The van der Waals surface area contributed by atoms with Gasteiger partial charge in [0.1, 0.15) is 11.5 Å². The van der Waals surface area contributed by atoms with Gasteiger partial charge in [-0.25, -0.2) is 4.98 Å². The molecule has 5 nitrogen and oxygen atoms in total. The van der Waals surface area contributed by atoms with Crippen molar-refractivity contribution in [2.75, 3.05) is 13.1 Å². The SMILES string of the molecule is Cc1cc(C(=O)N2CCC(Cn3ccnc3)CC2)c(C)o1. The van der Waals surface area contributed by atoms with Crippen LogP contribution in [0.1, 0.15) is 34.7 Å². The van der Waals surface area contributed by atoms with E-state index in [2.05, 4.69) is 9.55 Å². The van der Waals surface area contributed by atoms with E-state index >= 15 is 0 Å². The maximum absolute atomic E-state index is 12.5. The highest BCUT2D eigenvalue weighted by Gasteiger charge is 2.25. The third-order valence-electron chi connectivity index (χ3n) is 4.20. The predicted molar refractivity (Wildman–Crippen MR) is 79.0 cm³/mol. The first kappa shape index (κ1) is 13.9. The summed E-state index contributed by atoms with van der Waals surface area (Å²) in [6.07, 6.45) is 7.74. The van der Waals surface area contributed by atoms with Crippen LogP contribution >= 0.6 is 0 Å². The lowest BCUT2D eigenvalue weighted by Gasteiger charge is -2.32. The highest BCUT2D eigenvalue weighted by atomic mass is 16.3. The first-order chi connectivity index (χ1) is 10.1. The molecular formula is C16H21N3O2. The summed E-state index contributed by atoms with van der Waals surface area (Å²) in [6.45, 7) is 6.36. The lowest BCUT2D eigenvalue weighted by atomic mass is 9.96. The number of amides is 1. The Bertz CT molecular complexity index is 608. The third-order valence-corrected chi connectivity index (χ3v) is 4.20. The lowest BCUT2D eigenvalue weighted by Crippen LogP contribution is -2.39. The molecule has 2 aromatic heterocycles. The van der Waals surface area contributed by atoms with Gasteiger partial charge in [-0.05, 0) is 38.7 Å². The fourth-order valence-corrected chi connectivity index (χ4v) is 3.02. The molecule has 2 aromatic rings. The number of rotatable bonds is 3. The van der Waals surface area contributed by atoms with Crippen molar-refractivity contribution in [1.82, 2.24) is 14.5 Å². The predicted octanol–water partition coefficient (Wildman–Crippen LogP) is 2.65. The molecule has 1 saturated heterocycles. The molecule has 1 fully saturated rings. The number of piperidine rings is 1. The van der Waals surface area contributed by atoms with Crippen molar-refractivity contribution in [3.8, 4) is 0 Å². The average Bonchev–Trinajstić information content (AvgIpc) is 3.08. The van der Waals surface area contributed by atoms with Gasteiger partial charge in [-0.2, -0.15) is 0 Å². The van der Waals surface area contributed by atoms with E-state index in [1.54, 1.807) is 0 Å². The molecule has 0 N–H and O–H groups in total. The minimum Gasteiger partial charge on any atom is -0.466 e. The van der Waals surface area contributed by atoms with E-state index in [9.17, 15) is 4.79 Å². The number of carbonyl (C=O) groups is 1. The molecule has 0 radical (unpaired) electrons. The van der Waals surface area contributed by atoms with Gasteiger partial charge >= 0.3 is 0 Å². The van der Waals surface area contributed by atoms with Crippen molar-refractivity contribution in [2.24, 2.45) is 5.92 Å². The van der Waals surface area contributed by atoms with Crippen LogP contribution in [0.3, 0.4) is 0 Å². The Morgan fingerprint density at radius 2 is 2.14 bits per heavy atom. The maximum Gasteiger partial charge on any atom is 0.257 e. The number of imidazole rings is 1. The number of aryl methyl sites for hydroxylation is 2. The van der Waals surface area contributed by atoms with E-state index < -0.39 is 0 Å². The third kappa shape index (κ3) is 3.01. The summed E-state index contributed by atoms with van der Waals surface area (Å²) in [5.74, 6) is 2.24. The van der Waals surface area contributed by atoms with Gasteiger partial charge in [0, 0.05) is 32.0 Å². The van der Waals surface area contributed by atoms with Crippen molar-refractivity contribution >= 4 is 5.91 Å². The zero-order valence-electron chi connectivity index (χ0n) is 12.6. The minimum absolute atomic E-state index is 0.102. The summed E-state index contributed by atoms with van der Waals surface area (Å²) in [6, 6.07) is 1.84. The molecule has 0 unspecified atom stereocenters. The van der Waals surface area contributed by atoms with Gasteiger partial charge in [-0.15, -0.1) is 0 Å². The van der Waals surface area contributed by atoms with Gasteiger partial charge in [0.25, 0.3) is 5.91 Å². The van der Waals surface area contributed by atoms with Crippen molar-refractivity contribution in [1.29, 1.82) is 0 Å². The quantitative estimate of drug-likeness (QED) is 0.872. The minimum atomic E-state index is 0.102. The first-order valence-electron chi connectivity index (χ1n) is 7.45. The maximum atomic E-state index is 12.5. The molecular weight excluding hydrogens is 266 g/mol. The number of hydrogen-bond acceptors (Lipinski definition) is 3. The van der Waals surface area contributed by atoms with Crippen LogP contribution in [-0.2, 0) is 6.54 Å². The van der Waals surface area contributed by atoms with Crippen LogP contribution in [0, 0.1) is 19.8 Å². The Hall–Kier alpha value is -2.04. The van der Waals surface area contributed by atoms with E-state index in [1.165, 1.54) is 0 Å². The Labute approximate surface area is 124 Å². The number of aromatic nitrogens is 2. The highest BCUT2D eigenvalue weighted by Crippen LogP contribution is 2.22. The van der Waals surface area contributed by atoms with Gasteiger partial charge in [-0.3, -0.25) is 4.79 Å². The zero-order valence-corrected chi connectivity index (χ0v) is 12.6. The smallest absolute Gasteiger partial charge is 0.257 e. The molecule has 112 valence electrons. The summed E-state index contributed by atoms with van der Waals surface area (Å²) in [7, 11) is 0. The highest BCUT2D eigenvalue weighted by molar-refractivity contribution is 5.95. The second kappa shape index (κ2) is 5.76. The second-order valence-corrected chi connectivity index (χ2v) is 5.82. The standard InChI is InChI=1S/C16H21N3O2/c1-12-9-15(13(2)21-12)16(20)19-6-3-14(4-7-19)10-18-8-5-17-11-18/h5,8-9,11,14H,3-4,6-7,10H2,1-2H3. The van der Waals surface area contributed by atoms with Gasteiger partial charge in [-0.1, -0.05) is 0 Å². The molecule has 0 spiro atoms. The first-order valence-corrected chi connectivity index (χ1v) is 7.45. The van der Waals surface area contributed by atoms with E-state index in [4.69, 9.17) is 4.42 Å². The van der Waals surface area contributed by atoms with Gasteiger partial charge in [0.05, 0.1) is 11.9 Å². The Morgan fingerprint density at radius 3 is 2.71 bits per heavy atom. The molecule has 0 aliphatic carbocycles. The van der Waals surface area contributed by atoms with E-state index in [0.717, 1.165) is 44.0 Å². The number of likely N-dealkylation sites (tertiary alicyclic amines) is 1. The topological polar surface area (TPSA) is 51.3 Å². The van der Waals surface area contributed by atoms with Crippen molar-refractivity contribution < 1.29 is 9.21 Å². The van der Waals surface area contributed by atoms with Crippen molar-refractivity contribution in [3.63, 3.8) is 0 Å². The average molecular weight is 287 g/mol. The van der Waals surface area contributed by atoms with E-state index in [1.807, 2.05) is 43.5 Å². The molecule has 3 heterocycles. The van der Waals surface area contributed by atoms with Gasteiger partial charge < -0.3 is 13.9 Å². The summed E-state index contributed by atoms with van der Waals surface area (Å²) in [5.41, 5.74) is 0.709. The van der Waals surface area contributed by atoms with Gasteiger partial charge in [0.2, 0.25) is 0 Å². The molecule has 0 saturated carbocycles. The zero-order chi connectivity index (χ0) is 14.8. The molecule has 0 atom stereocenters. The Morgan fingerprint density at radius 1 is 1.38 bits per heavy atom. The summed E-state index contributed by atoms with van der Waals surface area (Å²) in [5, 5.41) is 0. The van der Waals surface area contributed by atoms with E-state index in [0.29, 0.717) is 11.5 Å². The second-order valence-electron chi connectivity index (χ2n) is 5.82. The number of furan rings is 1. The lowest BCUT2D eigenvalue weighted by molar-refractivity contribution is 0.0681. The summed E-state index contributed by atoms with van der Waals surface area (Å²) < 4.78 is 7.58. The van der Waals surface area contributed by atoms with Crippen LogP contribution < -0.4 is 0 Å². The molecule has 3 rings (SSSR count). The molecule has 0 aromatic carbocycles. The Balaban J connectivity index is 1.58. The van der Waals surface area contributed by atoms with Crippen LogP contribution in [0.2, 0.25) is 0 Å². The van der Waals surface area contributed by atoms with Crippen LogP contribution in [0.25, 0.3) is 0 Å². The van der Waals surface area contributed by atoms with E-state index in [-0.39, 0.29) is 5.91 Å². The van der Waals surface area contributed by atoms with Gasteiger partial charge in [0.15, 0.2) is 0 Å². The molecule has 1 amide bonds. The number of carbonyl (C=O) groups excluding carboxylic acids is 1. The molecule has 21 heavy (non-hydrogen) atoms. The normalized spacial score (nSPS) is 16.4. The summed E-state index contributed by atoms with van der Waals surface area (Å²) in [4.78, 5) is 18.5. The fourth-order valence-electron chi connectivity index (χ4n) is 3.02. The van der Waals surface area contributed by atoms with Crippen molar-refractivity contribution in [2.45, 2.75) is 33.2 Å². The largest absolute Gasteiger partial charge is 0.466 e. The summed E-state index contributed by atoms with van der Waals surface area (Å²) >= 11 is 0.